The van der Waals surface area contributed by atoms with Gasteiger partial charge in [0.2, 0.25) is 0 Å². The second-order valence-corrected chi connectivity index (χ2v) is 7.02. The van der Waals surface area contributed by atoms with Crippen LogP contribution in [0.3, 0.4) is 0 Å². The van der Waals surface area contributed by atoms with Gasteiger partial charge < -0.3 is 15.4 Å². The van der Waals surface area contributed by atoms with Crippen molar-refractivity contribution in [3.05, 3.63) is 12.4 Å². The average Bonchev–Trinajstić information content (AvgIpc) is 2.92. The molecule has 2 rings (SSSR count). The smallest absolute Gasteiger partial charge is 0.319 e. The van der Waals surface area contributed by atoms with E-state index in [2.05, 4.69) is 36.5 Å². The zero-order valence-corrected chi connectivity index (χ0v) is 14.7. The zero-order valence-electron chi connectivity index (χ0n) is 14.7. The SMILES string of the molecule is COCCn1cc(NC(=O)NC2CC(C)CCC2C(C)C)cn1. The van der Waals surface area contributed by atoms with E-state index in [4.69, 9.17) is 4.74 Å². The Hall–Kier alpha value is -1.56. The maximum atomic E-state index is 12.3. The third-order valence-corrected chi connectivity index (χ3v) is 4.75. The highest BCUT2D eigenvalue weighted by Crippen LogP contribution is 2.33. The molecule has 1 aromatic rings. The van der Waals surface area contributed by atoms with Crippen LogP contribution in [0.15, 0.2) is 12.4 Å². The van der Waals surface area contributed by atoms with Gasteiger partial charge in [0.25, 0.3) is 0 Å². The van der Waals surface area contributed by atoms with E-state index >= 15 is 0 Å². The fraction of sp³-hybridized carbons (Fsp3) is 0.765. The minimum Gasteiger partial charge on any atom is -0.383 e. The molecule has 6 heteroatoms. The minimum absolute atomic E-state index is 0.138. The van der Waals surface area contributed by atoms with Gasteiger partial charge in [-0.3, -0.25) is 4.68 Å². The van der Waals surface area contributed by atoms with Crippen molar-refractivity contribution in [2.75, 3.05) is 19.0 Å². The molecule has 23 heavy (non-hydrogen) atoms. The van der Waals surface area contributed by atoms with Gasteiger partial charge in [-0.05, 0) is 30.6 Å². The van der Waals surface area contributed by atoms with Crippen LogP contribution in [0, 0.1) is 17.8 Å². The van der Waals surface area contributed by atoms with Gasteiger partial charge in [-0.25, -0.2) is 4.79 Å². The number of urea groups is 1. The van der Waals surface area contributed by atoms with Crippen molar-refractivity contribution in [2.24, 2.45) is 17.8 Å². The first-order valence-electron chi connectivity index (χ1n) is 8.58. The van der Waals surface area contributed by atoms with Crippen LogP contribution in [0.5, 0.6) is 0 Å². The van der Waals surface area contributed by atoms with Crippen LogP contribution in [0.25, 0.3) is 0 Å². The highest BCUT2D eigenvalue weighted by Gasteiger charge is 2.31. The van der Waals surface area contributed by atoms with Crippen molar-refractivity contribution in [2.45, 2.75) is 52.6 Å². The van der Waals surface area contributed by atoms with Gasteiger partial charge >= 0.3 is 6.03 Å². The van der Waals surface area contributed by atoms with E-state index < -0.39 is 0 Å². The van der Waals surface area contributed by atoms with E-state index in [1.54, 1.807) is 18.0 Å². The zero-order chi connectivity index (χ0) is 16.8. The molecule has 1 heterocycles. The van der Waals surface area contributed by atoms with Crippen LogP contribution in [0.1, 0.15) is 40.0 Å². The highest BCUT2D eigenvalue weighted by molar-refractivity contribution is 5.89. The monoisotopic (exact) mass is 322 g/mol. The molecule has 6 nitrogen and oxygen atoms in total. The Kier molecular flexibility index (Phi) is 6.45. The molecule has 1 aliphatic carbocycles. The second-order valence-electron chi connectivity index (χ2n) is 7.02. The van der Waals surface area contributed by atoms with Gasteiger partial charge in [-0.2, -0.15) is 5.10 Å². The number of anilines is 1. The lowest BCUT2D eigenvalue weighted by Crippen LogP contribution is -2.47. The maximum absolute atomic E-state index is 12.3. The molecule has 1 saturated carbocycles. The molecule has 1 fully saturated rings. The summed E-state index contributed by atoms with van der Waals surface area (Å²) in [6.07, 6.45) is 7.00. The van der Waals surface area contributed by atoms with E-state index in [0.29, 0.717) is 36.6 Å². The van der Waals surface area contributed by atoms with Gasteiger partial charge in [0.15, 0.2) is 0 Å². The molecule has 3 atom stereocenters. The van der Waals surface area contributed by atoms with Gasteiger partial charge in [-0.1, -0.05) is 27.2 Å². The third kappa shape index (κ3) is 5.23. The number of carbonyl (C=O) groups is 1. The molecule has 0 spiro atoms. The Morgan fingerprint density at radius 2 is 2.26 bits per heavy atom. The molecule has 130 valence electrons. The predicted octanol–water partition coefficient (Wildman–Crippen LogP) is 3.11. The number of hydrogen-bond donors (Lipinski definition) is 2. The van der Waals surface area contributed by atoms with Crippen molar-refractivity contribution in [3.63, 3.8) is 0 Å². The number of ether oxygens (including phenoxy) is 1. The van der Waals surface area contributed by atoms with Crippen LogP contribution >= 0.6 is 0 Å². The lowest BCUT2D eigenvalue weighted by molar-refractivity contribution is 0.172. The van der Waals surface area contributed by atoms with Crippen molar-refractivity contribution in [1.29, 1.82) is 0 Å². The molecule has 2 amide bonds. The molecule has 0 saturated heterocycles. The number of methoxy groups -OCH3 is 1. The lowest BCUT2D eigenvalue weighted by atomic mass is 9.74. The van der Waals surface area contributed by atoms with E-state index in [-0.39, 0.29) is 12.1 Å². The number of rotatable bonds is 6. The van der Waals surface area contributed by atoms with Gasteiger partial charge in [0.1, 0.15) is 0 Å². The van der Waals surface area contributed by atoms with Crippen LogP contribution in [-0.2, 0) is 11.3 Å². The van der Waals surface area contributed by atoms with Crippen molar-refractivity contribution in [3.8, 4) is 0 Å². The summed E-state index contributed by atoms with van der Waals surface area (Å²) in [4.78, 5) is 12.3. The number of carbonyl (C=O) groups excluding carboxylic acids is 1. The van der Waals surface area contributed by atoms with E-state index in [9.17, 15) is 4.79 Å². The number of hydrogen-bond acceptors (Lipinski definition) is 3. The number of nitrogens with one attached hydrogen (secondary N) is 2. The normalized spacial score (nSPS) is 24.7. The first-order valence-corrected chi connectivity index (χ1v) is 8.58. The highest BCUT2D eigenvalue weighted by atomic mass is 16.5. The van der Waals surface area contributed by atoms with Gasteiger partial charge in [-0.15, -0.1) is 0 Å². The average molecular weight is 322 g/mol. The fourth-order valence-electron chi connectivity index (χ4n) is 3.44. The summed E-state index contributed by atoms with van der Waals surface area (Å²) < 4.78 is 6.78. The summed E-state index contributed by atoms with van der Waals surface area (Å²) >= 11 is 0. The molecule has 0 radical (unpaired) electrons. The third-order valence-electron chi connectivity index (χ3n) is 4.75. The van der Waals surface area contributed by atoms with Crippen molar-refractivity contribution >= 4 is 11.7 Å². The molecular formula is C17H30N4O2. The Balaban J connectivity index is 1.88. The standard InChI is InChI=1S/C17H30N4O2/c1-12(2)15-6-5-13(3)9-16(15)20-17(22)19-14-10-18-21(11-14)7-8-23-4/h10-13,15-16H,5-9H2,1-4H3,(H2,19,20,22). The molecule has 2 N–H and O–H groups in total. The number of nitrogens with zero attached hydrogens (tertiary/aromatic N) is 2. The topological polar surface area (TPSA) is 68.2 Å². The van der Waals surface area contributed by atoms with Crippen molar-refractivity contribution < 1.29 is 9.53 Å². The Labute approximate surface area is 139 Å². The molecule has 0 aliphatic heterocycles. The van der Waals surface area contributed by atoms with Crippen LogP contribution in [-0.4, -0.2) is 35.6 Å². The molecule has 0 aromatic carbocycles. The molecule has 1 aliphatic rings. The number of amides is 2. The number of aromatic nitrogens is 2. The van der Waals surface area contributed by atoms with Crippen LogP contribution in [0.2, 0.25) is 0 Å². The summed E-state index contributed by atoms with van der Waals surface area (Å²) in [6.45, 7) is 8.03. The quantitative estimate of drug-likeness (QED) is 0.845. The lowest BCUT2D eigenvalue weighted by Gasteiger charge is -2.37. The largest absolute Gasteiger partial charge is 0.383 e. The second kappa shape index (κ2) is 8.34. The maximum Gasteiger partial charge on any atom is 0.319 e. The Morgan fingerprint density at radius 3 is 2.96 bits per heavy atom. The van der Waals surface area contributed by atoms with Crippen LogP contribution < -0.4 is 10.6 Å². The fourth-order valence-corrected chi connectivity index (χ4v) is 3.44. The van der Waals surface area contributed by atoms with E-state index in [1.165, 1.54) is 12.8 Å². The van der Waals surface area contributed by atoms with Crippen molar-refractivity contribution in [1.82, 2.24) is 15.1 Å². The molecule has 1 aromatic heterocycles. The van der Waals surface area contributed by atoms with E-state index in [0.717, 1.165) is 6.42 Å². The molecule has 0 bridgehead atoms. The summed E-state index contributed by atoms with van der Waals surface area (Å²) in [5.74, 6) is 1.82. The summed E-state index contributed by atoms with van der Waals surface area (Å²) in [5.41, 5.74) is 0.712. The first-order chi connectivity index (χ1) is 11.0. The minimum atomic E-state index is -0.138. The summed E-state index contributed by atoms with van der Waals surface area (Å²) in [6, 6.07) is 0.114. The van der Waals surface area contributed by atoms with Gasteiger partial charge in [0.05, 0.1) is 25.0 Å². The summed E-state index contributed by atoms with van der Waals surface area (Å²) in [5, 5.41) is 10.3. The van der Waals surface area contributed by atoms with E-state index in [1.807, 2.05) is 6.20 Å². The first kappa shape index (κ1) is 17.8. The van der Waals surface area contributed by atoms with Gasteiger partial charge in [0, 0.05) is 19.3 Å². The summed E-state index contributed by atoms with van der Waals surface area (Å²) in [7, 11) is 1.66. The van der Waals surface area contributed by atoms with Crippen LogP contribution in [0.4, 0.5) is 10.5 Å². The Morgan fingerprint density at radius 1 is 1.48 bits per heavy atom. The molecule has 3 unspecified atom stereocenters. The molecular weight excluding hydrogens is 292 g/mol. The Bertz CT molecular complexity index is 501. The predicted molar refractivity (Wildman–Crippen MR) is 91.4 cm³/mol.